The third-order valence-electron chi connectivity index (χ3n) is 0. The highest BCUT2D eigenvalue weighted by Gasteiger charge is 1.36. The molecule has 0 aliphatic rings. The largest absolute Gasteiger partial charge is 0.344 e. The van der Waals surface area contributed by atoms with Crippen LogP contribution in [-0.2, 0) is 0 Å². The van der Waals surface area contributed by atoms with Crippen molar-refractivity contribution < 1.29 is 1.37 Å². The molecule has 0 heterocycles. The van der Waals surface area contributed by atoms with Gasteiger partial charge < -0.3 is 6.15 Å². The zero-order valence-corrected chi connectivity index (χ0v) is 5.30. The summed E-state index contributed by atoms with van der Waals surface area (Å²) in [6, 6.07) is 0.667. The van der Waals surface area contributed by atoms with E-state index in [9.17, 15) is 0 Å². The van der Waals surface area contributed by atoms with Crippen LogP contribution >= 0.6 is 9.24 Å². The molecule has 0 rings (SSSR count). The maximum atomic E-state index is 5.75. The summed E-state index contributed by atoms with van der Waals surface area (Å²) in [5, 5.41) is 0. The van der Waals surface area contributed by atoms with Crippen molar-refractivity contribution >= 4 is 25.5 Å². The van der Waals surface area contributed by atoms with Crippen molar-refractivity contribution in [2.75, 3.05) is 6.06 Å². The van der Waals surface area contributed by atoms with Gasteiger partial charge in [0.05, 0.1) is 7.85 Å². The van der Waals surface area contributed by atoms with Crippen LogP contribution in [-0.4, -0.2) is 22.3 Å². The van der Waals surface area contributed by atoms with Crippen molar-refractivity contribution in [1.29, 1.82) is 0 Å². The predicted octanol–water partition coefficient (Wildman–Crippen LogP) is 1.04. The minimum Gasteiger partial charge on any atom is -0.344 e. The standard InChI is InChI=1S/CH4BP.2CH4.B.H3N/c2-1-3;;;;/h1,3H2;2*1H4;;1H3/i;1D;;;. The molecule has 0 spiro atoms. The van der Waals surface area contributed by atoms with E-state index < -0.39 is 0 Å². The van der Waals surface area contributed by atoms with Crippen molar-refractivity contribution in [3.63, 3.8) is 0 Å². The Labute approximate surface area is 54.8 Å². The summed E-state index contributed by atoms with van der Waals surface area (Å²) in [5.41, 5.74) is 0. The van der Waals surface area contributed by atoms with Crippen LogP contribution in [0.2, 0.25) is 0 Å². The average Bonchev–Trinajstić information content (AvgIpc) is 1.46. The second-order valence-electron chi connectivity index (χ2n) is 0.236. The highest BCUT2D eigenvalue weighted by atomic mass is 31.0. The Hall–Kier alpha value is 0.520. The first-order chi connectivity index (χ1) is 2.41. The van der Waals surface area contributed by atoms with E-state index in [-0.39, 0.29) is 22.0 Å². The summed E-state index contributed by atoms with van der Waals surface area (Å²) >= 11 is 0. The molecule has 0 aromatic carbocycles. The van der Waals surface area contributed by atoms with Crippen LogP contribution in [0.4, 0.5) is 0 Å². The zero-order valence-electron chi connectivity index (χ0n) is 5.15. The smallest absolute Gasteiger partial charge is 0.0709 e. The molecular weight excluding hydrogens is 103 g/mol. The minimum atomic E-state index is 0. The molecule has 1 nitrogen and oxygen atoms in total. The van der Waals surface area contributed by atoms with Gasteiger partial charge in [-0.15, -0.1) is 9.24 Å². The van der Waals surface area contributed by atoms with Gasteiger partial charge in [-0.3, -0.25) is 0 Å². The SMILES string of the molecule is C.N.[2H]C.[B].[B]CP. The Morgan fingerprint density at radius 3 is 1.57 bits per heavy atom. The van der Waals surface area contributed by atoms with Gasteiger partial charge in [0.15, 0.2) is 0 Å². The molecule has 0 aliphatic heterocycles. The molecular formula is C3H15B2NP. The summed E-state index contributed by atoms with van der Waals surface area (Å²) in [7, 11) is 8.42. The summed E-state index contributed by atoms with van der Waals surface area (Å²) in [5.74, 6) is 0. The molecule has 0 saturated carbocycles. The summed E-state index contributed by atoms with van der Waals surface area (Å²) in [4.78, 5) is 0. The number of hydrogen-bond acceptors (Lipinski definition) is 1. The molecule has 0 aromatic heterocycles. The van der Waals surface area contributed by atoms with Gasteiger partial charge in [0.25, 0.3) is 0 Å². The van der Waals surface area contributed by atoms with E-state index in [0.717, 1.165) is 0 Å². The quantitative estimate of drug-likeness (QED) is 0.375. The molecule has 4 heteroatoms. The van der Waals surface area contributed by atoms with Crippen LogP contribution in [0.25, 0.3) is 0 Å². The fraction of sp³-hybridized carbons (Fsp3) is 1.00. The third kappa shape index (κ3) is 493. The monoisotopic (exact) mass is 119 g/mol. The lowest BCUT2D eigenvalue weighted by atomic mass is 10.2. The Balaban J connectivity index is -0.00000000567. The van der Waals surface area contributed by atoms with Crippen molar-refractivity contribution in [1.82, 2.24) is 6.15 Å². The van der Waals surface area contributed by atoms with E-state index in [0.29, 0.717) is 6.06 Å². The second-order valence-corrected chi connectivity index (χ2v) is 0.707. The van der Waals surface area contributed by atoms with Gasteiger partial charge in [-0.1, -0.05) is 20.9 Å². The van der Waals surface area contributed by atoms with Gasteiger partial charge in [-0.2, -0.15) is 0 Å². The van der Waals surface area contributed by atoms with Crippen LogP contribution in [0.15, 0.2) is 0 Å². The van der Waals surface area contributed by atoms with E-state index in [1.165, 1.54) is 7.40 Å². The van der Waals surface area contributed by atoms with Gasteiger partial charge in [0.2, 0.25) is 0 Å². The van der Waals surface area contributed by atoms with Gasteiger partial charge in [0.1, 0.15) is 0 Å². The van der Waals surface area contributed by atoms with E-state index in [1.807, 2.05) is 0 Å². The van der Waals surface area contributed by atoms with Crippen LogP contribution in [0.5, 0.6) is 0 Å². The molecule has 0 fully saturated rings. The highest BCUT2D eigenvalue weighted by molar-refractivity contribution is 7.19. The van der Waals surface area contributed by atoms with Gasteiger partial charge >= 0.3 is 0 Å². The maximum Gasteiger partial charge on any atom is 0.0709 e. The number of hydrogen-bond donors (Lipinski definition) is 1. The fourth-order valence-corrected chi connectivity index (χ4v) is 0. The van der Waals surface area contributed by atoms with Crippen LogP contribution in [0.3, 0.4) is 0 Å². The third-order valence-corrected chi connectivity index (χ3v) is 0. The van der Waals surface area contributed by atoms with Crippen molar-refractivity contribution in [3.05, 3.63) is 0 Å². The normalized spacial score (nSPS) is 3.43. The van der Waals surface area contributed by atoms with Gasteiger partial charge in [-0.05, 0) is 0 Å². The number of rotatable bonds is 0. The lowest BCUT2D eigenvalue weighted by molar-refractivity contribution is 2.13. The lowest BCUT2D eigenvalue weighted by Crippen LogP contribution is -1.51. The van der Waals surface area contributed by atoms with Crippen LogP contribution in [0.1, 0.15) is 16.2 Å². The minimum absolute atomic E-state index is 0. The molecule has 3 N–H and O–H groups in total. The Morgan fingerprint density at radius 1 is 1.57 bits per heavy atom. The Morgan fingerprint density at radius 2 is 1.57 bits per heavy atom. The maximum absolute atomic E-state index is 5.75. The molecule has 0 amide bonds. The first kappa shape index (κ1) is 25.8. The first-order valence-electron chi connectivity index (χ1n) is 1.82. The van der Waals surface area contributed by atoms with E-state index in [2.05, 4.69) is 9.24 Å². The van der Waals surface area contributed by atoms with Crippen molar-refractivity contribution in [3.8, 4) is 0 Å². The molecule has 7 heavy (non-hydrogen) atoms. The average molecular weight is 119 g/mol. The van der Waals surface area contributed by atoms with Crippen molar-refractivity contribution in [2.45, 2.75) is 14.8 Å². The molecule has 1 atom stereocenters. The molecule has 0 aromatic rings. The van der Waals surface area contributed by atoms with E-state index >= 15 is 0 Å². The fourth-order valence-electron chi connectivity index (χ4n) is 0. The first-order valence-corrected chi connectivity index (χ1v) is 1.63. The summed E-state index contributed by atoms with van der Waals surface area (Å²) < 4.78 is 5.75. The topological polar surface area (TPSA) is 35.0 Å². The highest BCUT2D eigenvalue weighted by Crippen LogP contribution is 1.62. The van der Waals surface area contributed by atoms with Crippen LogP contribution in [0, 0.1) is 0 Å². The molecule has 43 valence electrons. The Kier molecular flexibility index (Phi) is 317. The second kappa shape index (κ2) is 86.0. The summed E-state index contributed by atoms with van der Waals surface area (Å²) in [6.45, 7) is 0. The van der Waals surface area contributed by atoms with Crippen molar-refractivity contribution in [2.24, 2.45) is 0 Å². The van der Waals surface area contributed by atoms with Gasteiger partial charge in [-0.25, -0.2) is 0 Å². The van der Waals surface area contributed by atoms with E-state index in [1.54, 1.807) is 0 Å². The van der Waals surface area contributed by atoms with Crippen LogP contribution < -0.4 is 6.15 Å². The molecule has 0 aliphatic carbocycles. The Bertz CT molecular complexity index is 17.2. The molecule has 5 radical (unpaired) electrons. The predicted molar refractivity (Wildman–Crippen MR) is 44.6 cm³/mol. The lowest BCUT2D eigenvalue weighted by Gasteiger charge is -1.47. The zero-order chi connectivity index (χ0) is 4.71. The van der Waals surface area contributed by atoms with E-state index in [4.69, 9.17) is 9.22 Å². The molecule has 0 saturated heterocycles. The van der Waals surface area contributed by atoms with Gasteiger partial charge in [0, 0.05) is 9.78 Å². The molecule has 0 bridgehead atoms. The molecule has 1 unspecified atom stereocenters. The summed E-state index contributed by atoms with van der Waals surface area (Å²) in [6.07, 6.45) is 0.